The third-order valence-electron chi connectivity index (χ3n) is 2.73. The Morgan fingerprint density at radius 1 is 1.33 bits per heavy atom. The molecule has 0 radical (unpaired) electrons. The van der Waals surface area contributed by atoms with Gasteiger partial charge in [0, 0.05) is 10.7 Å². The number of pyridine rings is 1. The molecule has 2 aromatic rings. The second kappa shape index (κ2) is 5.90. The smallest absolute Gasteiger partial charge is 0.262 e. The highest BCUT2D eigenvalue weighted by molar-refractivity contribution is 9.10. The number of benzene rings is 1. The van der Waals surface area contributed by atoms with Gasteiger partial charge in [0.05, 0.1) is 12.0 Å². The summed E-state index contributed by atoms with van der Waals surface area (Å²) in [4.78, 5) is 4.01. The number of ether oxygens (including phenoxy) is 1. The fourth-order valence-electron chi connectivity index (χ4n) is 1.66. The van der Waals surface area contributed by atoms with Crippen molar-refractivity contribution in [1.82, 2.24) is 4.98 Å². The first-order chi connectivity index (χ1) is 9.83. The number of aromatic nitrogens is 1. The lowest BCUT2D eigenvalue weighted by Gasteiger charge is -2.12. The molecule has 1 heterocycles. The third-order valence-corrected chi connectivity index (χ3v) is 4.53. The van der Waals surface area contributed by atoms with E-state index in [2.05, 4.69) is 25.6 Å². The van der Waals surface area contributed by atoms with Crippen LogP contribution >= 0.6 is 15.9 Å². The van der Waals surface area contributed by atoms with Crippen molar-refractivity contribution in [1.29, 1.82) is 0 Å². The van der Waals surface area contributed by atoms with Crippen molar-refractivity contribution in [3.63, 3.8) is 0 Å². The molecule has 0 aliphatic heterocycles. The highest BCUT2D eigenvalue weighted by Crippen LogP contribution is 2.28. The summed E-state index contributed by atoms with van der Waals surface area (Å²) in [5, 5.41) is 9.47. The van der Waals surface area contributed by atoms with Crippen molar-refractivity contribution in [2.75, 3.05) is 11.8 Å². The number of sulfonamides is 1. The Morgan fingerprint density at radius 3 is 2.67 bits per heavy atom. The van der Waals surface area contributed by atoms with E-state index in [0.717, 1.165) is 0 Å². The lowest BCUT2D eigenvalue weighted by Crippen LogP contribution is -2.14. The molecule has 0 saturated carbocycles. The highest BCUT2D eigenvalue weighted by Gasteiger charge is 2.18. The van der Waals surface area contributed by atoms with Crippen molar-refractivity contribution in [3.8, 4) is 11.6 Å². The van der Waals surface area contributed by atoms with Crippen molar-refractivity contribution < 1.29 is 18.3 Å². The predicted octanol–water partition coefficient (Wildman–Crippen LogP) is 2.67. The highest BCUT2D eigenvalue weighted by atomic mass is 79.9. The van der Waals surface area contributed by atoms with Gasteiger partial charge in [0.1, 0.15) is 11.4 Å². The summed E-state index contributed by atoms with van der Waals surface area (Å²) in [6.07, 6.45) is 1.50. The molecular formula is C13H13BrN2O4S. The molecular weight excluding hydrogens is 360 g/mol. The van der Waals surface area contributed by atoms with Gasteiger partial charge in [0.2, 0.25) is 5.88 Å². The molecule has 8 heteroatoms. The Hall–Kier alpha value is -1.80. The molecule has 0 spiro atoms. The molecule has 2 rings (SSSR count). The van der Waals surface area contributed by atoms with Gasteiger partial charge in [0.25, 0.3) is 10.0 Å². The number of hydrogen-bond donors (Lipinski definition) is 2. The van der Waals surface area contributed by atoms with Gasteiger partial charge in [-0.05, 0) is 52.7 Å². The molecule has 6 nitrogen and oxygen atoms in total. The maximum atomic E-state index is 12.4. The van der Waals surface area contributed by atoms with E-state index in [1.54, 1.807) is 13.0 Å². The molecule has 1 aromatic carbocycles. The number of halogens is 1. The topological polar surface area (TPSA) is 88.5 Å². The van der Waals surface area contributed by atoms with E-state index in [1.807, 2.05) is 0 Å². The number of phenolic OH excluding ortho intramolecular Hbond substituents is 1. The van der Waals surface area contributed by atoms with Crippen LogP contribution in [-0.4, -0.2) is 25.6 Å². The number of aryl methyl sites for hydroxylation is 1. The van der Waals surface area contributed by atoms with E-state index in [0.29, 0.717) is 10.0 Å². The average molecular weight is 373 g/mol. The van der Waals surface area contributed by atoms with Gasteiger partial charge >= 0.3 is 0 Å². The summed E-state index contributed by atoms with van der Waals surface area (Å²) in [7, 11) is -2.40. The Morgan fingerprint density at radius 2 is 2.05 bits per heavy atom. The van der Waals surface area contributed by atoms with E-state index in [4.69, 9.17) is 4.74 Å². The molecule has 0 saturated heterocycles. The number of nitrogens with one attached hydrogen (secondary N) is 1. The lowest BCUT2D eigenvalue weighted by atomic mass is 10.2. The molecule has 21 heavy (non-hydrogen) atoms. The van der Waals surface area contributed by atoms with E-state index < -0.39 is 10.0 Å². The largest absolute Gasteiger partial charge is 0.508 e. The van der Waals surface area contributed by atoms with Crippen LogP contribution in [0.15, 0.2) is 39.8 Å². The van der Waals surface area contributed by atoms with Crippen molar-refractivity contribution in [2.45, 2.75) is 11.8 Å². The second-order valence-electron chi connectivity index (χ2n) is 4.26. The number of rotatable bonds is 4. The zero-order valence-corrected chi connectivity index (χ0v) is 13.7. The number of methoxy groups -OCH3 is 1. The van der Waals surface area contributed by atoms with Gasteiger partial charge in [-0.3, -0.25) is 4.72 Å². The van der Waals surface area contributed by atoms with E-state index in [9.17, 15) is 13.5 Å². The number of anilines is 1. The standard InChI is InChI=1S/C13H13BrN2O4S/c1-8-5-10(3-4-12(8)17)21(18,19)16-11-6-9(14)7-15-13(11)20-2/h3-7,16-17H,1-2H3. The van der Waals surface area contributed by atoms with Crippen molar-refractivity contribution in [3.05, 3.63) is 40.5 Å². The second-order valence-corrected chi connectivity index (χ2v) is 6.86. The summed E-state index contributed by atoms with van der Waals surface area (Å²) in [6.45, 7) is 1.62. The zero-order valence-electron chi connectivity index (χ0n) is 11.3. The fourth-order valence-corrected chi connectivity index (χ4v) is 3.13. The van der Waals surface area contributed by atoms with Crippen molar-refractivity contribution >= 4 is 31.6 Å². The van der Waals surface area contributed by atoms with Crippen LogP contribution < -0.4 is 9.46 Å². The summed E-state index contributed by atoms with van der Waals surface area (Å²) < 4.78 is 32.8. The van der Waals surface area contributed by atoms with Crippen LogP contribution in [0.1, 0.15) is 5.56 Å². The van der Waals surface area contributed by atoms with Crippen LogP contribution in [0.25, 0.3) is 0 Å². The Kier molecular flexibility index (Phi) is 4.38. The lowest BCUT2D eigenvalue weighted by molar-refractivity contribution is 0.400. The number of phenols is 1. The maximum Gasteiger partial charge on any atom is 0.262 e. The molecule has 2 N–H and O–H groups in total. The molecule has 0 amide bonds. The van der Waals surface area contributed by atoms with Crippen LogP contribution in [0, 0.1) is 6.92 Å². The van der Waals surface area contributed by atoms with Gasteiger partial charge < -0.3 is 9.84 Å². The molecule has 0 aliphatic rings. The maximum absolute atomic E-state index is 12.4. The number of hydrogen-bond acceptors (Lipinski definition) is 5. The van der Waals surface area contributed by atoms with Gasteiger partial charge in [-0.25, -0.2) is 13.4 Å². The summed E-state index contributed by atoms with van der Waals surface area (Å²) >= 11 is 3.22. The van der Waals surface area contributed by atoms with E-state index >= 15 is 0 Å². The Labute approximate surface area is 131 Å². The van der Waals surface area contributed by atoms with Crippen LogP contribution in [0.3, 0.4) is 0 Å². The minimum Gasteiger partial charge on any atom is -0.508 e. The first-order valence-electron chi connectivity index (χ1n) is 5.85. The normalized spacial score (nSPS) is 11.2. The first kappa shape index (κ1) is 15.6. The minimum atomic E-state index is -3.80. The van der Waals surface area contributed by atoms with Crippen LogP contribution in [-0.2, 0) is 10.0 Å². The molecule has 0 unspecified atom stereocenters. The van der Waals surface area contributed by atoms with Gasteiger partial charge in [-0.2, -0.15) is 0 Å². The number of aromatic hydroxyl groups is 1. The fraction of sp³-hybridized carbons (Fsp3) is 0.154. The molecule has 0 atom stereocenters. The molecule has 112 valence electrons. The first-order valence-corrected chi connectivity index (χ1v) is 8.13. The van der Waals surface area contributed by atoms with Gasteiger partial charge in [-0.15, -0.1) is 0 Å². The monoisotopic (exact) mass is 372 g/mol. The quantitative estimate of drug-likeness (QED) is 0.860. The summed E-state index contributed by atoms with van der Waals surface area (Å²) in [5.41, 5.74) is 0.690. The minimum absolute atomic E-state index is 0.0376. The third kappa shape index (κ3) is 3.45. The van der Waals surface area contributed by atoms with Crippen LogP contribution in [0.2, 0.25) is 0 Å². The average Bonchev–Trinajstić information content (AvgIpc) is 2.41. The van der Waals surface area contributed by atoms with Crippen molar-refractivity contribution in [2.24, 2.45) is 0 Å². The molecule has 0 aliphatic carbocycles. The Balaban J connectivity index is 2.41. The molecule has 0 bridgehead atoms. The Bertz CT molecular complexity index is 778. The summed E-state index contributed by atoms with van der Waals surface area (Å²) in [5.74, 6) is 0.202. The van der Waals surface area contributed by atoms with Gasteiger partial charge in [0.15, 0.2) is 0 Å². The summed E-state index contributed by atoms with van der Waals surface area (Å²) in [6, 6.07) is 5.59. The van der Waals surface area contributed by atoms with E-state index in [-0.39, 0.29) is 22.2 Å². The SMILES string of the molecule is COc1ncc(Br)cc1NS(=O)(=O)c1ccc(O)c(C)c1. The molecule has 1 aromatic heterocycles. The zero-order chi connectivity index (χ0) is 15.6. The van der Waals surface area contributed by atoms with Crippen LogP contribution in [0.5, 0.6) is 11.6 Å². The predicted molar refractivity (Wildman–Crippen MR) is 82.1 cm³/mol. The molecule has 0 fully saturated rings. The van der Waals surface area contributed by atoms with Gasteiger partial charge in [-0.1, -0.05) is 0 Å². The van der Waals surface area contributed by atoms with Crippen LogP contribution in [0.4, 0.5) is 5.69 Å². The number of nitrogens with zero attached hydrogens (tertiary/aromatic N) is 1. The van der Waals surface area contributed by atoms with E-state index in [1.165, 1.54) is 31.5 Å².